The molecule has 1 aliphatic rings. The topological polar surface area (TPSA) is 134 Å². The molecule has 1 fully saturated rings. The predicted molar refractivity (Wildman–Crippen MR) is 75.6 cm³/mol. The highest BCUT2D eigenvalue weighted by Gasteiger charge is 2.47. The van der Waals surface area contributed by atoms with E-state index >= 15 is 0 Å². The number of hydrogen-bond donors (Lipinski definition) is 2. The van der Waals surface area contributed by atoms with Crippen molar-refractivity contribution in [2.45, 2.75) is 50.4 Å². The molecule has 0 saturated carbocycles. The van der Waals surface area contributed by atoms with Crippen molar-refractivity contribution >= 4 is 5.97 Å². The summed E-state index contributed by atoms with van der Waals surface area (Å²) in [5.41, 5.74) is 8.67. The molecule has 0 spiro atoms. The van der Waals surface area contributed by atoms with Crippen LogP contribution in [-0.2, 0) is 19.0 Å². The number of unbranched alkanes of at least 4 members (excludes halogenated alkanes) is 1. The maximum Gasteiger partial charge on any atom is 0.303 e. The third kappa shape index (κ3) is 4.97. The van der Waals surface area contributed by atoms with Gasteiger partial charge in [0.2, 0.25) is 0 Å². The summed E-state index contributed by atoms with van der Waals surface area (Å²) < 4.78 is 15.9. The number of nitrogens with zero attached hydrogens (tertiary/aromatic N) is 3. The largest absolute Gasteiger partial charge is 0.459 e. The lowest BCUT2D eigenvalue weighted by Gasteiger charge is -2.41. The van der Waals surface area contributed by atoms with Gasteiger partial charge in [0.15, 0.2) is 6.29 Å². The van der Waals surface area contributed by atoms with Gasteiger partial charge < -0.3 is 24.4 Å². The summed E-state index contributed by atoms with van der Waals surface area (Å²) in [6, 6.07) is -1.05. The number of hydrogen-bond acceptors (Lipinski definition) is 7. The molecule has 5 atom stereocenters. The lowest BCUT2D eigenvalue weighted by atomic mass is 9.97. The van der Waals surface area contributed by atoms with Gasteiger partial charge in [0, 0.05) is 11.8 Å². The van der Waals surface area contributed by atoms with Crippen LogP contribution in [0.3, 0.4) is 0 Å². The molecule has 0 aromatic heterocycles. The molecule has 0 bridgehead atoms. The number of carbonyl (C=O) groups excluding carboxylic acids is 1. The van der Waals surface area contributed by atoms with Crippen LogP contribution in [0.4, 0.5) is 0 Å². The smallest absolute Gasteiger partial charge is 0.303 e. The van der Waals surface area contributed by atoms with Crippen LogP contribution >= 0.6 is 0 Å². The fraction of sp³-hybridized carbons (Fsp3) is 0.769. The summed E-state index contributed by atoms with van der Waals surface area (Å²) in [6.07, 6.45) is -1.35. The van der Waals surface area contributed by atoms with Crippen LogP contribution in [0.1, 0.15) is 19.8 Å². The van der Waals surface area contributed by atoms with Crippen LogP contribution in [0.5, 0.6) is 0 Å². The minimum atomic E-state index is -1.32. The van der Waals surface area contributed by atoms with E-state index in [9.17, 15) is 15.0 Å². The van der Waals surface area contributed by atoms with Gasteiger partial charge in [-0.3, -0.25) is 4.79 Å². The quantitative estimate of drug-likeness (QED) is 0.169. The molecule has 0 radical (unpaired) electrons. The number of rotatable bonds is 8. The number of aliphatic hydroxyl groups is 2. The van der Waals surface area contributed by atoms with Crippen LogP contribution in [0, 0.1) is 0 Å². The third-order valence-electron chi connectivity index (χ3n) is 3.14. The van der Waals surface area contributed by atoms with Crippen molar-refractivity contribution in [1.82, 2.24) is 0 Å². The first-order valence-electron chi connectivity index (χ1n) is 6.93. The highest BCUT2D eigenvalue weighted by atomic mass is 16.7. The highest BCUT2D eigenvalue weighted by Crippen LogP contribution is 2.27. The van der Waals surface area contributed by atoms with Crippen molar-refractivity contribution in [2.24, 2.45) is 5.11 Å². The van der Waals surface area contributed by atoms with E-state index in [1.54, 1.807) is 6.08 Å². The van der Waals surface area contributed by atoms with Gasteiger partial charge in [0.05, 0.1) is 13.2 Å². The Kier molecular flexibility index (Phi) is 7.86. The van der Waals surface area contributed by atoms with Crippen molar-refractivity contribution in [3.8, 4) is 0 Å². The molecular weight excluding hydrogens is 294 g/mol. The zero-order valence-corrected chi connectivity index (χ0v) is 12.4. The Morgan fingerprint density at radius 2 is 2.32 bits per heavy atom. The van der Waals surface area contributed by atoms with Gasteiger partial charge in [-0.1, -0.05) is 11.2 Å². The van der Waals surface area contributed by atoms with Crippen molar-refractivity contribution in [3.05, 3.63) is 23.1 Å². The third-order valence-corrected chi connectivity index (χ3v) is 3.14. The monoisotopic (exact) mass is 315 g/mol. The molecule has 1 aliphatic heterocycles. The zero-order chi connectivity index (χ0) is 16.5. The molecule has 0 unspecified atom stereocenters. The molecular formula is C13H21N3O6. The van der Waals surface area contributed by atoms with E-state index in [0.717, 1.165) is 6.42 Å². The number of azide groups is 1. The fourth-order valence-electron chi connectivity index (χ4n) is 2.13. The average molecular weight is 315 g/mol. The Balaban J connectivity index is 2.87. The van der Waals surface area contributed by atoms with Crippen molar-refractivity contribution in [1.29, 1.82) is 0 Å². The van der Waals surface area contributed by atoms with Crippen LogP contribution in [0.2, 0.25) is 0 Å². The summed E-state index contributed by atoms with van der Waals surface area (Å²) in [7, 11) is 0. The summed E-state index contributed by atoms with van der Waals surface area (Å²) in [4.78, 5) is 13.9. The minimum Gasteiger partial charge on any atom is -0.459 e. The second kappa shape index (κ2) is 9.39. The molecule has 0 aromatic rings. The molecule has 2 N–H and O–H groups in total. The Hall–Kier alpha value is -1.64. The molecule has 22 heavy (non-hydrogen) atoms. The van der Waals surface area contributed by atoms with Crippen LogP contribution < -0.4 is 0 Å². The van der Waals surface area contributed by atoms with Gasteiger partial charge in [-0.25, -0.2) is 0 Å². The number of carbonyl (C=O) groups is 1. The van der Waals surface area contributed by atoms with Gasteiger partial charge in [0.25, 0.3) is 0 Å². The van der Waals surface area contributed by atoms with Gasteiger partial charge in [-0.05, 0) is 18.4 Å². The van der Waals surface area contributed by atoms with E-state index in [4.69, 9.17) is 19.7 Å². The normalized spacial score (nSPS) is 31.1. The minimum absolute atomic E-state index is 0.301. The average Bonchev–Trinajstić information content (AvgIpc) is 2.49. The maximum atomic E-state index is 11.2. The van der Waals surface area contributed by atoms with E-state index in [-0.39, 0.29) is 0 Å². The second-order valence-corrected chi connectivity index (χ2v) is 4.79. The highest BCUT2D eigenvalue weighted by molar-refractivity contribution is 5.66. The lowest BCUT2D eigenvalue weighted by Crippen LogP contribution is -2.59. The van der Waals surface area contributed by atoms with E-state index in [1.807, 2.05) is 0 Å². The molecule has 9 heteroatoms. The first kappa shape index (κ1) is 18.4. The fourth-order valence-corrected chi connectivity index (χ4v) is 2.13. The van der Waals surface area contributed by atoms with Crippen LogP contribution in [0.25, 0.3) is 10.4 Å². The molecule has 0 amide bonds. The second-order valence-electron chi connectivity index (χ2n) is 4.79. The number of aliphatic hydroxyl groups excluding tert-OH is 2. The first-order chi connectivity index (χ1) is 10.5. The van der Waals surface area contributed by atoms with Gasteiger partial charge in [-0.2, -0.15) is 0 Å². The van der Waals surface area contributed by atoms with E-state index < -0.39 is 43.2 Å². The summed E-state index contributed by atoms with van der Waals surface area (Å²) >= 11 is 0. The van der Waals surface area contributed by atoms with Crippen molar-refractivity contribution < 1.29 is 29.2 Å². The van der Waals surface area contributed by atoms with Crippen LogP contribution in [-0.4, -0.2) is 60.0 Å². The molecule has 9 nitrogen and oxygen atoms in total. The Bertz CT molecular complexity index is 426. The maximum absolute atomic E-state index is 11.2. The van der Waals surface area contributed by atoms with Gasteiger partial charge in [0.1, 0.15) is 24.4 Å². The van der Waals surface area contributed by atoms with Crippen molar-refractivity contribution in [2.75, 3.05) is 13.2 Å². The number of ether oxygens (including phenoxy) is 3. The number of esters is 1. The van der Waals surface area contributed by atoms with Gasteiger partial charge in [-0.15, -0.1) is 6.58 Å². The SMILES string of the molecule is C=CCCCO[C@@H]1O[C@H](CO)[C@@H](O)[C@H](OC(C)=O)[C@H]1N=[N+]=[N-]. The Morgan fingerprint density at radius 3 is 2.86 bits per heavy atom. The Labute approximate surface area is 128 Å². The molecule has 0 aromatic carbocycles. The Morgan fingerprint density at radius 1 is 1.59 bits per heavy atom. The molecule has 1 saturated heterocycles. The van der Waals surface area contributed by atoms with Crippen LogP contribution in [0.15, 0.2) is 17.8 Å². The summed E-state index contributed by atoms with van der Waals surface area (Å²) in [6.45, 7) is 4.57. The molecule has 1 heterocycles. The van der Waals surface area contributed by atoms with Crippen molar-refractivity contribution in [3.63, 3.8) is 0 Å². The predicted octanol–water partition coefficient (Wildman–Crippen LogP) is 0.658. The summed E-state index contributed by atoms with van der Waals surface area (Å²) in [5.74, 6) is -0.647. The summed E-state index contributed by atoms with van der Waals surface area (Å²) in [5, 5.41) is 22.9. The molecule has 0 aliphatic carbocycles. The standard InChI is InChI=1S/C13H21N3O6/c1-3-4-5-6-20-13-10(15-16-14)12(21-8(2)18)11(19)9(7-17)22-13/h3,9-13,17,19H,1,4-7H2,2H3/t9-,10-,11-,12-,13-/m1/s1. The first-order valence-corrected chi connectivity index (χ1v) is 6.93. The van der Waals surface area contributed by atoms with E-state index in [0.29, 0.717) is 13.0 Å². The van der Waals surface area contributed by atoms with Gasteiger partial charge >= 0.3 is 5.97 Å². The molecule has 1 rings (SSSR count). The zero-order valence-electron chi connectivity index (χ0n) is 12.4. The van der Waals surface area contributed by atoms with E-state index in [2.05, 4.69) is 16.6 Å². The van der Waals surface area contributed by atoms with E-state index in [1.165, 1.54) is 6.92 Å². The number of allylic oxidation sites excluding steroid dienone is 1. The lowest BCUT2D eigenvalue weighted by molar-refractivity contribution is -0.268. The molecule has 124 valence electrons.